The molecule has 21 heavy (non-hydrogen) atoms. The zero-order valence-electron chi connectivity index (χ0n) is 12.4. The molecular formula is C16H22ClNO3. The van der Waals surface area contributed by atoms with E-state index in [0.717, 1.165) is 25.7 Å². The maximum Gasteiger partial charge on any atom is 0.330 e. The molecule has 0 saturated carbocycles. The molecule has 1 atom stereocenters. The number of carbonyl (C=O) groups is 2. The molecule has 1 aromatic rings. The number of nitrogens with one attached hydrogen (secondary N) is 1. The molecule has 0 saturated heterocycles. The Morgan fingerprint density at radius 2 is 1.76 bits per heavy atom. The van der Waals surface area contributed by atoms with Crippen molar-refractivity contribution < 1.29 is 14.7 Å². The monoisotopic (exact) mass is 311 g/mol. The number of hydrogen-bond donors (Lipinski definition) is 2. The summed E-state index contributed by atoms with van der Waals surface area (Å²) in [5.41, 5.74) is 0.409. The van der Waals surface area contributed by atoms with Gasteiger partial charge in [-0.3, -0.25) is 4.79 Å². The summed E-state index contributed by atoms with van der Waals surface area (Å²) in [4.78, 5) is 23.8. The van der Waals surface area contributed by atoms with Crippen LogP contribution in [-0.4, -0.2) is 17.0 Å². The Kier molecular flexibility index (Phi) is 7.23. The van der Waals surface area contributed by atoms with Crippen molar-refractivity contribution in [1.29, 1.82) is 0 Å². The van der Waals surface area contributed by atoms with Crippen molar-refractivity contribution in [3.05, 3.63) is 34.9 Å². The number of halogens is 1. The molecule has 1 rings (SSSR count). The van der Waals surface area contributed by atoms with Gasteiger partial charge in [-0.1, -0.05) is 56.5 Å². The molecule has 2 N–H and O–H groups in total. The summed E-state index contributed by atoms with van der Waals surface area (Å²) < 4.78 is 0. The molecule has 0 aliphatic carbocycles. The van der Waals surface area contributed by atoms with Crippen molar-refractivity contribution in [1.82, 2.24) is 5.32 Å². The average Bonchev–Trinajstić information content (AvgIpc) is 2.45. The van der Waals surface area contributed by atoms with Gasteiger partial charge in [-0.25, -0.2) is 4.79 Å². The maximum absolute atomic E-state index is 12.3. The largest absolute Gasteiger partial charge is 0.479 e. The summed E-state index contributed by atoms with van der Waals surface area (Å²) >= 11 is 6.03. The highest BCUT2D eigenvalue weighted by atomic mass is 35.5. The summed E-state index contributed by atoms with van der Waals surface area (Å²) in [7, 11) is 0. The summed E-state index contributed by atoms with van der Waals surface area (Å²) in [6, 6.07) is 5.56. The molecule has 1 aromatic carbocycles. The number of carbonyl (C=O) groups excluding carboxylic acids is 1. The van der Waals surface area contributed by atoms with Crippen LogP contribution in [0.2, 0.25) is 5.02 Å². The maximum atomic E-state index is 12.3. The normalized spacial score (nSPS) is 12.2. The van der Waals surface area contributed by atoms with Crippen LogP contribution in [-0.2, 0) is 9.59 Å². The van der Waals surface area contributed by atoms with E-state index in [9.17, 15) is 14.7 Å². The van der Waals surface area contributed by atoms with Crippen molar-refractivity contribution in [2.75, 3.05) is 0 Å². The molecule has 0 fully saturated rings. The third-order valence-corrected chi connectivity index (χ3v) is 3.74. The second-order valence-electron chi connectivity index (χ2n) is 5.08. The second-order valence-corrected chi connectivity index (χ2v) is 5.48. The molecule has 0 aromatic heterocycles. The lowest BCUT2D eigenvalue weighted by Gasteiger charge is -2.20. The predicted octanol–water partition coefficient (Wildman–Crippen LogP) is 3.80. The molecule has 0 aliphatic heterocycles. The van der Waals surface area contributed by atoms with E-state index in [1.807, 2.05) is 13.8 Å². The highest BCUT2D eigenvalue weighted by Gasteiger charge is 2.27. The van der Waals surface area contributed by atoms with Crippen molar-refractivity contribution in [2.24, 2.45) is 5.92 Å². The van der Waals surface area contributed by atoms with Crippen molar-refractivity contribution in [3.8, 4) is 0 Å². The van der Waals surface area contributed by atoms with Gasteiger partial charge >= 0.3 is 5.97 Å². The van der Waals surface area contributed by atoms with Gasteiger partial charge in [0.2, 0.25) is 5.91 Å². The number of carboxylic acids is 1. The lowest BCUT2D eigenvalue weighted by Crippen LogP contribution is -2.38. The fraction of sp³-hybridized carbons (Fsp3) is 0.500. The Hall–Kier alpha value is -1.55. The van der Waals surface area contributed by atoms with Crippen LogP contribution in [0, 0.1) is 5.92 Å². The van der Waals surface area contributed by atoms with Crippen molar-refractivity contribution in [3.63, 3.8) is 0 Å². The van der Waals surface area contributed by atoms with E-state index in [4.69, 9.17) is 11.6 Å². The lowest BCUT2D eigenvalue weighted by molar-refractivity contribution is -0.142. The van der Waals surface area contributed by atoms with Crippen LogP contribution < -0.4 is 5.32 Å². The smallest absolute Gasteiger partial charge is 0.330 e. The fourth-order valence-corrected chi connectivity index (χ4v) is 2.59. The fourth-order valence-electron chi connectivity index (χ4n) is 2.35. The molecule has 0 bridgehead atoms. The zero-order valence-corrected chi connectivity index (χ0v) is 13.2. The number of benzene rings is 1. The van der Waals surface area contributed by atoms with Gasteiger partial charge in [0, 0.05) is 16.5 Å². The van der Waals surface area contributed by atoms with E-state index >= 15 is 0 Å². The minimum Gasteiger partial charge on any atom is -0.479 e. The van der Waals surface area contributed by atoms with E-state index in [1.165, 1.54) is 0 Å². The van der Waals surface area contributed by atoms with Crippen LogP contribution in [0.25, 0.3) is 0 Å². The molecule has 116 valence electrons. The van der Waals surface area contributed by atoms with Crippen molar-refractivity contribution >= 4 is 23.5 Å². The van der Waals surface area contributed by atoms with Crippen LogP contribution in [0.15, 0.2) is 24.3 Å². The number of aliphatic carboxylic acids is 1. The number of rotatable bonds is 8. The van der Waals surface area contributed by atoms with Gasteiger partial charge in [-0.05, 0) is 18.9 Å². The minimum absolute atomic E-state index is 0.149. The first-order valence-electron chi connectivity index (χ1n) is 7.28. The van der Waals surface area contributed by atoms with Crippen LogP contribution in [0.1, 0.15) is 51.1 Å². The average molecular weight is 312 g/mol. The topological polar surface area (TPSA) is 66.4 Å². The number of hydrogen-bond acceptors (Lipinski definition) is 2. The first kappa shape index (κ1) is 17.5. The van der Waals surface area contributed by atoms with Gasteiger partial charge in [-0.2, -0.15) is 0 Å². The lowest BCUT2D eigenvalue weighted by atomic mass is 9.96. The van der Waals surface area contributed by atoms with Crippen LogP contribution >= 0.6 is 11.6 Å². The summed E-state index contributed by atoms with van der Waals surface area (Å²) in [5.74, 6) is -1.47. The molecule has 0 radical (unpaired) electrons. The Labute approximate surface area is 130 Å². The van der Waals surface area contributed by atoms with E-state index in [2.05, 4.69) is 5.32 Å². The minimum atomic E-state index is -1.11. The summed E-state index contributed by atoms with van der Waals surface area (Å²) in [6.45, 7) is 4.03. The quantitative estimate of drug-likeness (QED) is 0.767. The molecule has 5 heteroatoms. The molecule has 1 amide bonds. The van der Waals surface area contributed by atoms with Gasteiger partial charge in [0.15, 0.2) is 6.04 Å². The molecule has 0 heterocycles. The standard InChI is InChI=1S/C16H22ClNO3/c1-3-7-11(8-4-2)15(19)18-14(16(20)21)12-9-5-6-10-13(12)17/h5-6,9-11,14H,3-4,7-8H2,1-2H3,(H,18,19)(H,20,21)/t14-/m1/s1. The first-order chi connectivity index (χ1) is 10.0. The summed E-state index contributed by atoms with van der Waals surface area (Å²) in [5, 5.41) is 12.3. The first-order valence-corrected chi connectivity index (χ1v) is 7.66. The highest BCUT2D eigenvalue weighted by molar-refractivity contribution is 6.31. The summed E-state index contributed by atoms with van der Waals surface area (Å²) in [6.07, 6.45) is 3.30. The van der Waals surface area contributed by atoms with E-state index < -0.39 is 12.0 Å². The van der Waals surface area contributed by atoms with Gasteiger partial charge in [-0.15, -0.1) is 0 Å². The second kappa shape index (κ2) is 8.67. The van der Waals surface area contributed by atoms with E-state index in [-0.39, 0.29) is 11.8 Å². The highest BCUT2D eigenvalue weighted by Crippen LogP contribution is 2.24. The van der Waals surface area contributed by atoms with Gasteiger partial charge < -0.3 is 10.4 Å². The van der Waals surface area contributed by atoms with Gasteiger partial charge in [0.1, 0.15) is 0 Å². The molecule has 4 nitrogen and oxygen atoms in total. The predicted molar refractivity (Wildman–Crippen MR) is 83.3 cm³/mol. The van der Waals surface area contributed by atoms with Gasteiger partial charge in [0.05, 0.1) is 0 Å². The SMILES string of the molecule is CCCC(CCC)C(=O)N[C@@H](C(=O)O)c1ccccc1Cl. The van der Waals surface area contributed by atoms with Crippen molar-refractivity contribution in [2.45, 2.75) is 45.6 Å². The van der Waals surface area contributed by atoms with Crippen LogP contribution in [0.4, 0.5) is 0 Å². The van der Waals surface area contributed by atoms with Crippen LogP contribution in [0.5, 0.6) is 0 Å². The van der Waals surface area contributed by atoms with E-state index in [1.54, 1.807) is 24.3 Å². The Morgan fingerprint density at radius 3 is 2.24 bits per heavy atom. The molecule has 0 aliphatic rings. The van der Waals surface area contributed by atoms with Crippen LogP contribution in [0.3, 0.4) is 0 Å². The Bertz CT molecular complexity index is 484. The number of carboxylic acid groups (broad SMARTS) is 1. The number of amides is 1. The Morgan fingerprint density at radius 1 is 1.19 bits per heavy atom. The molecular weight excluding hydrogens is 290 g/mol. The Balaban J connectivity index is 2.91. The molecule has 0 unspecified atom stereocenters. The third kappa shape index (κ3) is 5.05. The van der Waals surface area contributed by atoms with E-state index in [0.29, 0.717) is 10.6 Å². The molecule has 0 spiro atoms. The third-order valence-electron chi connectivity index (χ3n) is 3.39. The van der Waals surface area contributed by atoms with Gasteiger partial charge in [0.25, 0.3) is 0 Å². The zero-order chi connectivity index (χ0) is 15.8.